The summed E-state index contributed by atoms with van der Waals surface area (Å²) in [5, 5.41) is 3.50. The molecule has 0 spiro atoms. The minimum absolute atomic E-state index is 0.0540. The number of rotatable bonds is 3. The van der Waals surface area contributed by atoms with Gasteiger partial charge in [-0.2, -0.15) is 13.2 Å². The molecule has 1 aliphatic rings. The van der Waals surface area contributed by atoms with Gasteiger partial charge in [-0.3, -0.25) is 4.79 Å². The molecular formula is C17H14F3N5O. The predicted octanol–water partition coefficient (Wildman–Crippen LogP) is 3.40. The van der Waals surface area contributed by atoms with Crippen molar-refractivity contribution >= 4 is 22.6 Å². The van der Waals surface area contributed by atoms with Crippen molar-refractivity contribution in [2.24, 2.45) is 13.0 Å². The normalized spacial score (nSPS) is 14.6. The highest BCUT2D eigenvalue weighted by molar-refractivity contribution is 5.95. The van der Waals surface area contributed by atoms with Gasteiger partial charge in [0, 0.05) is 36.8 Å². The molecule has 26 heavy (non-hydrogen) atoms. The number of alkyl halides is 3. The molecule has 1 aliphatic carbocycles. The van der Waals surface area contributed by atoms with Crippen molar-refractivity contribution in [1.82, 2.24) is 19.5 Å². The highest BCUT2D eigenvalue weighted by atomic mass is 19.4. The van der Waals surface area contributed by atoms with Crippen LogP contribution in [0.4, 0.5) is 19.0 Å². The maximum atomic E-state index is 12.9. The Bertz CT molecular complexity index is 1010. The van der Waals surface area contributed by atoms with Gasteiger partial charge >= 0.3 is 6.18 Å². The van der Waals surface area contributed by atoms with E-state index in [4.69, 9.17) is 0 Å². The summed E-state index contributed by atoms with van der Waals surface area (Å²) in [6, 6.07) is 4.83. The van der Waals surface area contributed by atoms with Gasteiger partial charge in [0.1, 0.15) is 5.82 Å². The Balaban J connectivity index is 1.72. The number of halogens is 3. The van der Waals surface area contributed by atoms with Crippen LogP contribution in [0.3, 0.4) is 0 Å². The molecule has 6 nitrogen and oxygen atoms in total. The molecule has 0 aromatic carbocycles. The maximum absolute atomic E-state index is 12.9. The first-order chi connectivity index (χ1) is 12.3. The molecule has 134 valence electrons. The summed E-state index contributed by atoms with van der Waals surface area (Å²) >= 11 is 0. The molecule has 0 unspecified atom stereocenters. The van der Waals surface area contributed by atoms with Crippen molar-refractivity contribution in [3.8, 4) is 11.4 Å². The van der Waals surface area contributed by atoms with Crippen LogP contribution in [-0.2, 0) is 18.0 Å². The van der Waals surface area contributed by atoms with Gasteiger partial charge in [-0.25, -0.2) is 15.0 Å². The number of carbonyl (C=O) groups excluding carboxylic acids is 1. The van der Waals surface area contributed by atoms with Crippen molar-refractivity contribution in [1.29, 1.82) is 0 Å². The summed E-state index contributed by atoms with van der Waals surface area (Å²) in [6.45, 7) is 0. The van der Waals surface area contributed by atoms with Gasteiger partial charge in [0.15, 0.2) is 0 Å². The van der Waals surface area contributed by atoms with Crippen LogP contribution in [-0.4, -0.2) is 25.4 Å². The molecule has 0 aliphatic heterocycles. The van der Waals surface area contributed by atoms with Gasteiger partial charge in [0.2, 0.25) is 11.7 Å². The highest BCUT2D eigenvalue weighted by Gasteiger charge is 2.35. The summed E-state index contributed by atoms with van der Waals surface area (Å²) < 4.78 is 40.3. The summed E-state index contributed by atoms with van der Waals surface area (Å²) in [6.07, 6.45) is -0.173. The fraction of sp³-hybridized carbons (Fsp3) is 0.294. The Morgan fingerprint density at radius 2 is 2.04 bits per heavy atom. The number of hydrogen-bond acceptors (Lipinski definition) is 4. The van der Waals surface area contributed by atoms with E-state index in [0.717, 1.165) is 29.9 Å². The topological polar surface area (TPSA) is 72.7 Å². The molecule has 3 aromatic heterocycles. The zero-order valence-electron chi connectivity index (χ0n) is 13.7. The summed E-state index contributed by atoms with van der Waals surface area (Å²) in [5.74, 6) is -0.772. The number of aryl methyl sites for hydroxylation is 1. The van der Waals surface area contributed by atoms with Crippen molar-refractivity contribution in [3.63, 3.8) is 0 Å². The maximum Gasteiger partial charge on any atom is 0.451 e. The fourth-order valence-electron chi connectivity index (χ4n) is 2.76. The van der Waals surface area contributed by atoms with Crippen LogP contribution in [0, 0.1) is 5.92 Å². The first kappa shape index (κ1) is 16.5. The molecule has 1 fully saturated rings. The SMILES string of the molecule is Cn1c(-c2ccnc(C(F)(F)F)n2)cc2cnc(NC(=O)C3CC3)cc21. The zero-order valence-corrected chi connectivity index (χ0v) is 13.7. The Morgan fingerprint density at radius 3 is 2.73 bits per heavy atom. The minimum Gasteiger partial charge on any atom is -0.342 e. The lowest BCUT2D eigenvalue weighted by Crippen LogP contribution is -2.14. The molecule has 0 bridgehead atoms. The second kappa shape index (κ2) is 5.79. The van der Waals surface area contributed by atoms with E-state index in [1.807, 2.05) is 0 Å². The number of anilines is 1. The van der Waals surface area contributed by atoms with Crippen LogP contribution < -0.4 is 5.32 Å². The van der Waals surface area contributed by atoms with Gasteiger partial charge in [-0.15, -0.1) is 0 Å². The summed E-state index contributed by atoms with van der Waals surface area (Å²) in [4.78, 5) is 23.0. The number of nitrogens with zero attached hydrogens (tertiary/aromatic N) is 4. The molecule has 1 N–H and O–H groups in total. The van der Waals surface area contributed by atoms with Crippen molar-refractivity contribution in [2.75, 3.05) is 5.32 Å². The third-order valence-electron chi connectivity index (χ3n) is 4.30. The van der Waals surface area contributed by atoms with Crippen molar-refractivity contribution < 1.29 is 18.0 Å². The highest BCUT2D eigenvalue weighted by Crippen LogP contribution is 2.32. The van der Waals surface area contributed by atoms with Crippen LogP contribution in [0.15, 0.2) is 30.6 Å². The summed E-state index contributed by atoms with van der Waals surface area (Å²) in [7, 11) is 1.72. The summed E-state index contributed by atoms with van der Waals surface area (Å²) in [5.41, 5.74) is 1.39. The molecule has 4 rings (SSSR count). The van der Waals surface area contributed by atoms with E-state index in [9.17, 15) is 18.0 Å². The number of amides is 1. The second-order valence-corrected chi connectivity index (χ2v) is 6.24. The third kappa shape index (κ3) is 3.00. The number of hydrogen-bond donors (Lipinski definition) is 1. The van der Waals surface area contributed by atoms with Gasteiger partial charge < -0.3 is 9.88 Å². The number of carbonyl (C=O) groups is 1. The van der Waals surface area contributed by atoms with Gasteiger partial charge in [0.25, 0.3) is 0 Å². The molecule has 1 saturated carbocycles. The van der Waals surface area contributed by atoms with Crippen LogP contribution in [0.2, 0.25) is 0 Å². The lowest BCUT2D eigenvalue weighted by molar-refractivity contribution is -0.144. The average Bonchev–Trinajstić information content (AvgIpc) is 3.40. The van der Waals surface area contributed by atoms with Crippen molar-refractivity contribution in [3.05, 3.63) is 36.4 Å². The van der Waals surface area contributed by atoms with Crippen LogP contribution in [0.25, 0.3) is 22.3 Å². The molecule has 0 atom stereocenters. The van der Waals surface area contributed by atoms with E-state index in [0.29, 0.717) is 11.5 Å². The Hall–Kier alpha value is -2.97. The smallest absolute Gasteiger partial charge is 0.342 e. The van der Waals surface area contributed by atoms with E-state index < -0.39 is 12.0 Å². The van der Waals surface area contributed by atoms with Crippen molar-refractivity contribution in [2.45, 2.75) is 19.0 Å². The number of pyridine rings is 1. The predicted molar refractivity (Wildman–Crippen MR) is 88.1 cm³/mol. The molecule has 3 heterocycles. The van der Waals surface area contributed by atoms with Gasteiger partial charge in [-0.05, 0) is 25.0 Å². The molecule has 3 aromatic rings. The van der Waals surface area contributed by atoms with E-state index >= 15 is 0 Å². The quantitative estimate of drug-likeness (QED) is 0.776. The monoisotopic (exact) mass is 361 g/mol. The molecule has 9 heteroatoms. The number of fused-ring (bicyclic) bond motifs is 1. The van der Waals surface area contributed by atoms with Gasteiger partial charge in [-0.1, -0.05) is 0 Å². The lowest BCUT2D eigenvalue weighted by Gasteiger charge is -2.08. The fourth-order valence-corrected chi connectivity index (χ4v) is 2.76. The average molecular weight is 361 g/mol. The van der Waals surface area contributed by atoms with Gasteiger partial charge in [0.05, 0.1) is 16.9 Å². The standard InChI is InChI=1S/C17H14F3N5O/c1-25-12-7-14(24-15(26)9-2-3-9)22-8-10(12)6-13(25)11-4-5-21-16(23-11)17(18,19)20/h4-9H,2-3H2,1H3,(H,22,24,26). The zero-order chi connectivity index (χ0) is 18.5. The largest absolute Gasteiger partial charge is 0.451 e. The second-order valence-electron chi connectivity index (χ2n) is 6.24. The Kier molecular flexibility index (Phi) is 3.67. The van der Waals surface area contributed by atoms with Crippen LogP contribution in [0.1, 0.15) is 18.7 Å². The molecule has 0 saturated heterocycles. The molecule has 1 amide bonds. The van der Waals surface area contributed by atoms with E-state index in [2.05, 4.69) is 20.3 Å². The lowest BCUT2D eigenvalue weighted by atomic mass is 10.2. The van der Waals surface area contributed by atoms with Crippen LogP contribution in [0.5, 0.6) is 0 Å². The number of aromatic nitrogens is 4. The van der Waals surface area contributed by atoms with Crippen LogP contribution >= 0.6 is 0 Å². The third-order valence-corrected chi connectivity index (χ3v) is 4.30. The Morgan fingerprint density at radius 1 is 1.27 bits per heavy atom. The Labute approximate surface area is 146 Å². The van der Waals surface area contributed by atoms with E-state index in [1.54, 1.807) is 29.9 Å². The minimum atomic E-state index is -4.61. The molecule has 0 radical (unpaired) electrons. The number of nitrogens with one attached hydrogen (secondary N) is 1. The molecular weight excluding hydrogens is 347 g/mol. The van der Waals surface area contributed by atoms with E-state index in [-0.39, 0.29) is 17.5 Å². The first-order valence-electron chi connectivity index (χ1n) is 8.00. The van der Waals surface area contributed by atoms with E-state index in [1.165, 1.54) is 6.07 Å². The first-order valence-corrected chi connectivity index (χ1v) is 8.00.